The first-order valence-corrected chi connectivity index (χ1v) is 15.4. The number of aliphatic hydroxyl groups is 1. The average Bonchev–Trinajstić information content (AvgIpc) is 3.53. The fourth-order valence-corrected chi connectivity index (χ4v) is 7.26. The smallest absolute Gasteiger partial charge is 0.154 e. The lowest BCUT2D eigenvalue weighted by Crippen LogP contribution is -2.60. The van der Waals surface area contributed by atoms with Crippen LogP contribution >= 0.6 is 34.7 Å². The van der Waals surface area contributed by atoms with Crippen LogP contribution in [0.4, 0.5) is 21.6 Å². The molecule has 3 N–H and O–H groups in total. The van der Waals surface area contributed by atoms with Crippen LogP contribution in [0.1, 0.15) is 17.7 Å². The van der Waals surface area contributed by atoms with Gasteiger partial charge in [0.2, 0.25) is 0 Å². The first-order valence-electron chi connectivity index (χ1n) is 13.2. The number of nitrogens with zero attached hydrogens (tertiary/aromatic N) is 2. The molecule has 2 saturated heterocycles. The summed E-state index contributed by atoms with van der Waals surface area (Å²) in [7, 11) is 0. The van der Waals surface area contributed by atoms with Gasteiger partial charge in [-0.1, -0.05) is 23.7 Å². The summed E-state index contributed by atoms with van der Waals surface area (Å²) in [4.78, 5) is 21.8. The van der Waals surface area contributed by atoms with Crippen molar-refractivity contribution in [2.45, 2.75) is 28.3 Å². The van der Waals surface area contributed by atoms with Crippen LogP contribution in [-0.2, 0) is 15.1 Å². The Balaban J connectivity index is 1.39. The van der Waals surface area contributed by atoms with Crippen LogP contribution in [0.3, 0.4) is 0 Å². The number of morpholine rings is 1. The first kappa shape index (κ1) is 28.1. The zero-order valence-corrected chi connectivity index (χ0v) is 24.3. The number of thiophene rings is 1. The van der Waals surface area contributed by atoms with Crippen molar-refractivity contribution in [1.82, 2.24) is 10.3 Å². The SMILES string of the molecule is O=C1CC(c2ccsc2)(c2ccc(N3CCOCC3)c(Nc3ccc(F)cc3)n2)NC(O)C1Sc1ccccc1Cl. The number of ether oxygens (including phenoxy) is 1. The lowest BCUT2D eigenvalue weighted by atomic mass is 9.79. The molecule has 4 aromatic rings. The fraction of sp³-hybridized carbons (Fsp3) is 0.267. The van der Waals surface area contributed by atoms with E-state index >= 15 is 0 Å². The van der Waals surface area contributed by atoms with Crippen molar-refractivity contribution in [2.75, 3.05) is 36.5 Å². The molecular weight excluding hydrogens is 583 g/mol. The maximum absolute atomic E-state index is 13.8. The zero-order valence-electron chi connectivity index (χ0n) is 21.9. The van der Waals surface area contributed by atoms with E-state index in [-0.39, 0.29) is 18.0 Å². The Morgan fingerprint density at radius 1 is 1.12 bits per heavy atom. The topological polar surface area (TPSA) is 86.7 Å². The number of rotatable bonds is 7. The van der Waals surface area contributed by atoms with Crippen LogP contribution in [0.15, 0.2) is 82.4 Å². The molecule has 2 aliphatic rings. The summed E-state index contributed by atoms with van der Waals surface area (Å²) in [6.07, 6.45) is -1.07. The molecule has 11 heteroatoms. The Morgan fingerprint density at radius 3 is 2.61 bits per heavy atom. The number of halogens is 2. The van der Waals surface area contributed by atoms with Gasteiger partial charge in [0.1, 0.15) is 17.3 Å². The van der Waals surface area contributed by atoms with Crippen LogP contribution in [0, 0.1) is 5.82 Å². The number of piperidine rings is 1. The van der Waals surface area contributed by atoms with E-state index in [0.29, 0.717) is 48.5 Å². The van der Waals surface area contributed by atoms with Gasteiger partial charge in [-0.2, -0.15) is 11.3 Å². The van der Waals surface area contributed by atoms with Gasteiger partial charge in [-0.15, -0.1) is 11.8 Å². The van der Waals surface area contributed by atoms with Gasteiger partial charge in [-0.3, -0.25) is 10.1 Å². The van der Waals surface area contributed by atoms with Crippen molar-refractivity contribution in [3.8, 4) is 0 Å². The second kappa shape index (κ2) is 12.1. The van der Waals surface area contributed by atoms with Crippen LogP contribution in [0.25, 0.3) is 0 Å². The molecular formula is C30H28ClFN4O3S2. The normalized spacial score (nSPS) is 23.0. The highest BCUT2D eigenvalue weighted by Gasteiger charge is 2.48. The van der Waals surface area contributed by atoms with Crippen molar-refractivity contribution in [1.29, 1.82) is 0 Å². The molecule has 2 aliphatic heterocycles. The largest absolute Gasteiger partial charge is 0.378 e. The predicted octanol–water partition coefficient (Wildman–Crippen LogP) is 5.80. The van der Waals surface area contributed by atoms with Crippen LogP contribution in [0.2, 0.25) is 5.02 Å². The molecule has 212 valence electrons. The minimum absolute atomic E-state index is 0.0861. The summed E-state index contributed by atoms with van der Waals surface area (Å²) in [5.41, 5.74) is 1.92. The van der Waals surface area contributed by atoms with Crippen molar-refractivity contribution in [3.05, 3.63) is 99.6 Å². The molecule has 0 radical (unpaired) electrons. The van der Waals surface area contributed by atoms with Gasteiger partial charge >= 0.3 is 0 Å². The van der Waals surface area contributed by atoms with E-state index in [0.717, 1.165) is 16.1 Å². The Morgan fingerprint density at radius 2 is 1.90 bits per heavy atom. The molecule has 2 aromatic heterocycles. The van der Waals surface area contributed by atoms with E-state index in [1.807, 2.05) is 47.2 Å². The lowest BCUT2D eigenvalue weighted by Gasteiger charge is -2.43. The summed E-state index contributed by atoms with van der Waals surface area (Å²) in [6.45, 7) is 2.60. The Bertz CT molecular complexity index is 1520. The summed E-state index contributed by atoms with van der Waals surface area (Å²) < 4.78 is 19.2. The molecule has 3 unspecified atom stereocenters. The van der Waals surface area contributed by atoms with Crippen molar-refractivity contribution in [3.63, 3.8) is 0 Å². The molecule has 2 aromatic carbocycles. The van der Waals surface area contributed by atoms with E-state index in [9.17, 15) is 14.3 Å². The minimum atomic E-state index is -1.16. The number of hydrogen-bond acceptors (Lipinski definition) is 9. The number of carbonyl (C=O) groups excluding carboxylic acids is 1. The molecule has 0 spiro atoms. The Kier molecular flexibility index (Phi) is 8.30. The van der Waals surface area contributed by atoms with Gasteiger partial charge < -0.3 is 20.1 Å². The van der Waals surface area contributed by atoms with Gasteiger partial charge in [0.05, 0.1) is 35.2 Å². The van der Waals surface area contributed by atoms with Crippen molar-refractivity contribution in [2.24, 2.45) is 0 Å². The predicted molar refractivity (Wildman–Crippen MR) is 162 cm³/mol. The maximum Gasteiger partial charge on any atom is 0.154 e. The number of aromatic nitrogens is 1. The maximum atomic E-state index is 13.8. The number of pyridine rings is 1. The standard InChI is InChI=1S/C30H28ClFN4O3S2/c31-22-3-1-2-4-25(22)41-27-24(37)17-30(35-29(27)38,19-11-16-40-18-19)26-10-9-23(36-12-14-39-15-13-36)28(34-26)33-21-7-5-20(32)6-8-21/h1-11,16,18,27,29,35,38H,12-15,17H2,(H,33,34). The number of benzene rings is 2. The number of aliphatic hydroxyl groups excluding tert-OH is 1. The van der Waals surface area contributed by atoms with Gasteiger partial charge in [0.15, 0.2) is 11.6 Å². The lowest BCUT2D eigenvalue weighted by molar-refractivity contribution is -0.125. The molecule has 6 rings (SSSR count). The van der Waals surface area contributed by atoms with Crippen LogP contribution in [-0.4, -0.2) is 53.7 Å². The number of Topliss-reactive ketones (excluding diaryl/α,β-unsaturated/α-hetero) is 1. The molecule has 0 bridgehead atoms. The quantitative estimate of drug-likeness (QED) is 0.242. The van der Waals surface area contributed by atoms with Crippen molar-refractivity contribution >= 4 is 57.7 Å². The number of thioether (sulfide) groups is 1. The highest BCUT2D eigenvalue weighted by Crippen LogP contribution is 2.43. The molecule has 0 amide bonds. The van der Waals surface area contributed by atoms with Crippen LogP contribution < -0.4 is 15.5 Å². The van der Waals surface area contributed by atoms with E-state index in [2.05, 4.69) is 15.5 Å². The van der Waals surface area contributed by atoms with Gasteiger partial charge in [-0.25, -0.2) is 9.37 Å². The van der Waals surface area contributed by atoms with Crippen LogP contribution in [0.5, 0.6) is 0 Å². The zero-order chi connectivity index (χ0) is 28.4. The van der Waals surface area contributed by atoms with E-state index in [1.165, 1.54) is 35.2 Å². The van der Waals surface area contributed by atoms with E-state index in [4.69, 9.17) is 21.3 Å². The summed E-state index contributed by atoms with van der Waals surface area (Å²) in [6, 6.07) is 19.2. The Labute approximate surface area is 250 Å². The monoisotopic (exact) mass is 610 g/mol. The third-order valence-electron chi connectivity index (χ3n) is 7.31. The highest BCUT2D eigenvalue weighted by atomic mass is 35.5. The summed E-state index contributed by atoms with van der Waals surface area (Å²) in [5.74, 6) is 0.131. The van der Waals surface area contributed by atoms with Crippen molar-refractivity contribution < 1.29 is 19.0 Å². The number of hydrogen-bond donors (Lipinski definition) is 3. The third kappa shape index (κ3) is 5.86. The van der Waals surface area contributed by atoms with Gasteiger partial charge in [0.25, 0.3) is 0 Å². The minimum Gasteiger partial charge on any atom is -0.378 e. The summed E-state index contributed by atoms with van der Waals surface area (Å²) >= 11 is 9.13. The number of anilines is 3. The molecule has 41 heavy (non-hydrogen) atoms. The summed E-state index contributed by atoms with van der Waals surface area (Å²) in [5, 5.41) is 21.8. The number of ketones is 1. The second-order valence-corrected chi connectivity index (χ2v) is 12.3. The molecule has 0 saturated carbocycles. The average molecular weight is 611 g/mol. The molecule has 3 atom stereocenters. The van der Waals surface area contributed by atoms with Gasteiger partial charge in [-0.05, 0) is 70.9 Å². The number of nitrogens with one attached hydrogen (secondary N) is 2. The van der Waals surface area contributed by atoms with E-state index in [1.54, 1.807) is 18.2 Å². The first-order chi connectivity index (χ1) is 19.9. The third-order valence-corrected chi connectivity index (χ3v) is 9.82. The molecule has 0 aliphatic carbocycles. The second-order valence-electron chi connectivity index (χ2n) is 9.91. The molecule has 7 nitrogen and oxygen atoms in total. The highest BCUT2D eigenvalue weighted by molar-refractivity contribution is 8.00. The molecule has 4 heterocycles. The van der Waals surface area contributed by atoms with E-state index < -0.39 is 17.0 Å². The van der Waals surface area contributed by atoms with Gasteiger partial charge in [0, 0.05) is 30.1 Å². The fourth-order valence-electron chi connectivity index (χ4n) is 5.24. The molecule has 2 fully saturated rings. The number of carbonyl (C=O) groups is 1. The Hall–Kier alpha value is -2.99.